The van der Waals surface area contributed by atoms with Crippen molar-refractivity contribution < 1.29 is 4.79 Å². The number of hydrazine groups is 1. The summed E-state index contributed by atoms with van der Waals surface area (Å²) in [7, 11) is 0. The summed E-state index contributed by atoms with van der Waals surface area (Å²) in [6, 6.07) is 3.90. The largest absolute Gasteiger partial charge is 0.341 e. The van der Waals surface area contributed by atoms with E-state index in [2.05, 4.69) is 23.8 Å². The molecule has 1 rings (SSSR count). The van der Waals surface area contributed by atoms with Gasteiger partial charge in [-0.3, -0.25) is 10.2 Å². The van der Waals surface area contributed by atoms with Gasteiger partial charge in [-0.1, -0.05) is 26.7 Å². The van der Waals surface area contributed by atoms with Crippen LogP contribution >= 0.6 is 0 Å². The maximum atomic E-state index is 11.6. The summed E-state index contributed by atoms with van der Waals surface area (Å²) in [6.45, 7) is 5.22. The summed E-state index contributed by atoms with van der Waals surface area (Å²) in [6.07, 6.45) is 5.54. The quantitative estimate of drug-likeness (QED) is 0.434. The second-order valence-electron chi connectivity index (χ2n) is 4.29. The van der Waals surface area contributed by atoms with Gasteiger partial charge in [0.2, 0.25) is 0 Å². The van der Waals surface area contributed by atoms with Crippen molar-refractivity contribution in [2.75, 3.05) is 0 Å². The Balaban J connectivity index is 2.88. The van der Waals surface area contributed by atoms with Gasteiger partial charge in [0, 0.05) is 12.2 Å². The first-order valence-corrected chi connectivity index (χ1v) is 6.43. The van der Waals surface area contributed by atoms with Crippen LogP contribution in [0.15, 0.2) is 12.1 Å². The van der Waals surface area contributed by atoms with Gasteiger partial charge in [0.25, 0.3) is 5.91 Å². The minimum Gasteiger partial charge on any atom is -0.341 e. The van der Waals surface area contributed by atoms with Crippen LogP contribution in [0.4, 0.5) is 0 Å². The van der Waals surface area contributed by atoms with Crippen LogP contribution < -0.4 is 11.3 Å². The van der Waals surface area contributed by atoms with Crippen LogP contribution in [0.25, 0.3) is 0 Å². The lowest BCUT2D eigenvalue weighted by molar-refractivity contribution is 0.0943. The Bertz CT molecular complexity index is 358. The molecule has 1 heterocycles. The Labute approximate surface area is 103 Å². The van der Waals surface area contributed by atoms with Crippen molar-refractivity contribution >= 4 is 5.91 Å². The molecule has 0 spiro atoms. The van der Waals surface area contributed by atoms with E-state index < -0.39 is 0 Å². The number of aromatic nitrogens is 1. The number of carbonyl (C=O) groups excluding carboxylic acids is 1. The van der Waals surface area contributed by atoms with Gasteiger partial charge >= 0.3 is 0 Å². The number of unbranched alkanes of at least 4 members (excludes halogenated alkanes) is 2. The normalized spacial score (nSPS) is 10.5. The number of carbonyl (C=O) groups is 1. The zero-order valence-electron chi connectivity index (χ0n) is 10.8. The molecule has 0 aliphatic heterocycles. The van der Waals surface area contributed by atoms with Crippen molar-refractivity contribution in [1.82, 2.24) is 9.99 Å². The molecule has 0 aliphatic carbocycles. The number of hydrogen-bond acceptors (Lipinski definition) is 2. The number of nitrogens with one attached hydrogen (secondary N) is 1. The number of hydrogen-bond donors (Lipinski definition) is 2. The number of aryl methyl sites for hydroxylation is 1. The molecule has 0 fully saturated rings. The van der Waals surface area contributed by atoms with E-state index in [1.807, 2.05) is 12.1 Å². The molecule has 0 unspecified atom stereocenters. The van der Waals surface area contributed by atoms with E-state index in [1.54, 1.807) is 0 Å². The van der Waals surface area contributed by atoms with Crippen LogP contribution in [0.3, 0.4) is 0 Å². The Morgan fingerprint density at radius 2 is 2.00 bits per heavy atom. The molecule has 0 bridgehead atoms. The molecule has 96 valence electrons. The zero-order valence-corrected chi connectivity index (χ0v) is 10.8. The standard InChI is InChI=1S/C13H23N3O/c1-3-5-7-11-8-9-12(13(17)15-14)16(11)10-6-4-2/h8-9H,3-7,10,14H2,1-2H3,(H,15,17). The monoisotopic (exact) mass is 237 g/mol. The van der Waals surface area contributed by atoms with E-state index >= 15 is 0 Å². The van der Waals surface area contributed by atoms with Gasteiger partial charge in [-0.25, -0.2) is 5.84 Å². The van der Waals surface area contributed by atoms with Gasteiger partial charge in [0.05, 0.1) is 0 Å². The van der Waals surface area contributed by atoms with Gasteiger partial charge in [0.1, 0.15) is 5.69 Å². The van der Waals surface area contributed by atoms with Gasteiger partial charge in [-0.15, -0.1) is 0 Å². The number of nitrogens with two attached hydrogens (primary N) is 1. The van der Waals surface area contributed by atoms with E-state index in [4.69, 9.17) is 5.84 Å². The molecule has 0 atom stereocenters. The van der Waals surface area contributed by atoms with Crippen molar-refractivity contribution in [1.29, 1.82) is 0 Å². The van der Waals surface area contributed by atoms with Crippen LogP contribution in [0.2, 0.25) is 0 Å². The third-order valence-corrected chi connectivity index (χ3v) is 2.96. The lowest BCUT2D eigenvalue weighted by Gasteiger charge is -2.12. The summed E-state index contributed by atoms with van der Waals surface area (Å²) < 4.78 is 2.10. The van der Waals surface area contributed by atoms with Crippen molar-refractivity contribution in [2.45, 2.75) is 52.5 Å². The first-order chi connectivity index (χ1) is 8.24. The summed E-state index contributed by atoms with van der Waals surface area (Å²) in [5.74, 6) is 4.99. The molecule has 4 heteroatoms. The van der Waals surface area contributed by atoms with Crippen molar-refractivity contribution in [3.05, 3.63) is 23.5 Å². The molecule has 0 saturated heterocycles. The average Bonchev–Trinajstić information content (AvgIpc) is 2.75. The maximum Gasteiger partial charge on any atom is 0.281 e. The van der Waals surface area contributed by atoms with E-state index in [0.29, 0.717) is 5.69 Å². The molecule has 0 saturated carbocycles. The van der Waals surface area contributed by atoms with E-state index in [-0.39, 0.29) is 5.91 Å². The lowest BCUT2D eigenvalue weighted by Crippen LogP contribution is -2.32. The predicted octanol–water partition coefficient (Wildman–Crippen LogP) is 2.23. The van der Waals surface area contributed by atoms with Gasteiger partial charge < -0.3 is 4.57 Å². The van der Waals surface area contributed by atoms with Gasteiger partial charge in [-0.05, 0) is 31.4 Å². The van der Waals surface area contributed by atoms with Gasteiger partial charge in [0.15, 0.2) is 0 Å². The Morgan fingerprint density at radius 3 is 2.59 bits per heavy atom. The lowest BCUT2D eigenvalue weighted by atomic mass is 10.2. The smallest absolute Gasteiger partial charge is 0.281 e. The van der Waals surface area contributed by atoms with Crippen LogP contribution in [0, 0.1) is 0 Å². The number of nitrogens with zero attached hydrogens (tertiary/aromatic N) is 1. The molecule has 0 radical (unpaired) electrons. The highest BCUT2D eigenvalue weighted by Crippen LogP contribution is 2.13. The Morgan fingerprint density at radius 1 is 1.29 bits per heavy atom. The highest BCUT2D eigenvalue weighted by Gasteiger charge is 2.13. The van der Waals surface area contributed by atoms with E-state index in [1.165, 1.54) is 5.69 Å². The van der Waals surface area contributed by atoms with Crippen molar-refractivity contribution in [3.63, 3.8) is 0 Å². The molecule has 17 heavy (non-hydrogen) atoms. The topological polar surface area (TPSA) is 60.1 Å². The fourth-order valence-corrected chi connectivity index (χ4v) is 1.94. The highest BCUT2D eigenvalue weighted by atomic mass is 16.2. The van der Waals surface area contributed by atoms with Crippen LogP contribution in [-0.2, 0) is 13.0 Å². The summed E-state index contributed by atoms with van der Waals surface area (Å²) >= 11 is 0. The minimum atomic E-state index is -0.205. The molecule has 1 aromatic heterocycles. The minimum absolute atomic E-state index is 0.205. The second-order valence-corrected chi connectivity index (χ2v) is 4.29. The van der Waals surface area contributed by atoms with Crippen molar-refractivity contribution in [3.8, 4) is 0 Å². The molecule has 3 N–H and O–H groups in total. The number of amides is 1. The first kappa shape index (κ1) is 13.8. The van der Waals surface area contributed by atoms with E-state index in [9.17, 15) is 4.79 Å². The average molecular weight is 237 g/mol. The molecule has 4 nitrogen and oxygen atoms in total. The van der Waals surface area contributed by atoms with Crippen LogP contribution in [0.1, 0.15) is 55.7 Å². The number of rotatable bonds is 7. The Kier molecular flexibility index (Phi) is 5.77. The molecule has 1 aromatic rings. The first-order valence-electron chi connectivity index (χ1n) is 6.43. The maximum absolute atomic E-state index is 11.6. The molecule has 0 aromatic carbocycles. The van der Waals surface area contributed by atoms with Crippen LogP contribution in [-0.4, -0.2) is 10.5 Å². The predicted molar refractivity (Wildman–Crippen MR) is 69.6 cm³/mol. The second kappa shape index (κ2) is 7.12. The fourth-order valence-electron chi connectivity index (χ4n) is 1.94. The summed E-state index contributed by atoms with van der Waals surface area (Å²) in [5.41, 5.74) is 4.12. The number of nitrogen functional groups attached to an aromatic ring is 1. The van der Waals surface area contributed by atoms with Crippen LogP contribution in [0.5, 0.6) is 0 Å². The fraction of sp³-hybridized carbons (Fsp3) is 0.615. The highest BCUT2D eigenvalue weighted by molar-refractivity contribution is 5.92. The van der Waals surface area contributed by atoms with Crippen molar-refractivity contribution in [2.24, 2.45) is 5.84 Å². The molecular weight excluding hydrogens is 214 g/mol. The summed E-state index contributed by atoms with van der Waals surface area (Å²) in [4.78, 5) is 11.6. The van der Waals surface area contributed by atoms with E-state index in [0.717, 1.165) is 38.6 Å². The molecule has 1 amide bonds. The Hall–Kier alpha value is -1.29. The van der Waals surface area contributed by atoms with Gasteiger partial charge in [-0.2, -0.15) is 0 Å². The molecule has 0 aliphatic rings. The zero-order chi connectivity index (χ0) is 12.7. The third-order valence-electron chi connectivity index (χ3n) is 2.96. The summed E-state index contributed by atoms with van der Waals surface area (Å²) in [5, 5.41) is 0. The third kappa shape index (κ3) is 3.60. The molecular formula is C13H23N3O. The SMILES string of the molecule is CCCCc1ccc(C(=O)NN)n1CCCC.